The van der Waals surface area contributed by atoms with Crippen LogP contribution in [0.5, 0.6) is 0 Å². The van der Waals surface area contributed by atoms with E-state index in [0.29, 0.717) is 43.0 Å². The van der Waals surface area contributed by atoms with Gasteiger partial charge in [0.2, 0.25) is 6.43 Å². The molecule has 0 saturated heterocycles. The third kappa shape index (κ3) is 6.70. The van der Waals surface area contributed by atoms with E-state index in [2.05, 4.69) is 41.9 Å². The van der Waals surface area contributed by atoms with Crippen molar-refractivity contribution in [3.63, 3.8) is 0 Å². The Bertz CT molecular complexity index is 1190. The molecule has 2 atom stereocenters. The molecule has 1 saturated carbocycles. The number of benzene rings is 1. The van der Waals surface area contributed by atoms with Crippen LogP contribution in [0.25, 0.3) is 0 Å². The van der Waals surface area contributed by atoms with E-state index in [1.54, 1.807) is 18.2 Å². The number of nitrogens with one attached hydrogen (secondary N) is 3. The number of Topliss-reactive ketones (excluding diaryl/α,β-unsaturated/α-hetero) is 1. The zero-order valence-electron chi connectivity index (χ0n) is 20.4. The number of carbonyl (C=O) groups is 2. The van der Waals surface area contributed by atoms with Crippen molar-refractivity contribution in [2.75, 3.05) is 25.0 Å². The number of halogens is 3. The van der Waals surface area contributed by atoms with Crippen LogP contribution >= 0.6 is 15.9 Å². The summed E-state index contributed by atoms with van der Waals surface area (Å²) in [6.07, 6.45) is 1.74. The first-order valence-electron chi connectivity index (χ1n) is 12.3. The van der Waals surface area contributed by atoms with Crippen LogP contribution in [-0.4, -0.2) is 59.9 Å². The predicted molar refractivity (Wildman–Crippen MR) is 140 cm³/mol. The molecule has 1 aromatic carbocycles. The number of rotatable bonds is 10. The van der Waals surface area contributed by atoms with Crippen LogP contribution in [0.2, 0.25) is 0 Å². The van der Waals surface area contributed by atoms with Crippen molar-refractivity contribution in [3.05, 3.63) is 57.8 Å². The van der Waals surface area contributed by atoms with Gasteiger partial charge in [0.05, 0.1) is 42.1 Å². The SMILES string of the molecule is CC[C@H](CC(=O)CNC(=O)c1cncc(NC2=NCC(O)CN2)c1)c1cc(Br)cc(C2(C(F)F)CC2)c1. The highest BCUT2D eigenvalue weighted by Crippen LogP contribution is 2.53. The number of aromatic nitrogens is 1. The second kappa shape index (κ2) is 11.6. The normalized spacial score (nSPS) is 19.0. The standard InChI is InChI=1S/C26H30BrF2N5O3/c1-2-15(16-5-18(9-19(27)6-16)26(3-4-26)24(28)29)8-21(35)12-31-23(37)17-7-20(11-30-10-17)34-25-32-13-22(36)14-33-25/h5-7,9-11,15,22,24,36H,2-4,8,12-14H2,1H3,(H,31,37)(H2,32,33,34)/t15-/m1/s1. The average Bonchev–Trinajstić information content (AvgIpc) is 3.69. The summed E-state index contributed by atoms with van der Waals surface area (Å²) in [6, 6.07) is 7.02. The molecule has 1 fully saturated rings. The molecule has 1 aliphatic heterocycles. The van der Waals surface area contributed by atoms with Gasteiger partial charge in [0.15, 0.2) is 11.7 Å². The van der Waals surface area contributed by atoms with Crippen LogP contribution < -0.4 is 16.0 Å². The number of aliphatic hydroxyl groups excluding tert-OH is 1. The summed E-state index contributed by atoms with van der Waals surface area (Å²) in [5.74, 6) is -0.268. The molecule has 37 heavy (non-hydrogen) atoms. The summed E-state index contributed by atoms with van der Waals surface area (Å²) in [5.41, 5.74) is 1.19. The molecule has 1 amide bonds. The molecule has 1 aromatic heterocycles. The van der Waals surface area contributed by atoms with Crippen molar-refractivity contribution in [1.82, 2.24) is 15.6 Å². The molecule has 8 nitrogen and oxygen atoms in total. The van der Waals surface area contributed by atoms with Crippen LogP contribution in [0.4, 0.5) is 14.5 Å². The number of amides is 1. The number of ketones is 1. The number of alkyl halides is 2. The van der Waals surface area contributed by atoms with Gasteiger partial charge < -0.3 is 21.1 Å². The summed E-state index contributed by atoms with van der Waals surface area (Å²) in [4.78, 5) is 33.6. The molecule has 0 spiro atoms. The third-order valence-electron chi connectivity index (χ3n) is 6.81. The Morgan fingerprint density at radius 3 is 2.68 bits per heavy atom. The highest BCUT2D eigenvalue weighted by molar-refractivity contribution is 9.10. The molecule has 4 rings (SSSR count). The van der Waals surface area contributed by atoms with E-state index in [0.717, 1.165) is 10.0 Å². The molecule has 2 aliphatic rings. The van der Waals surface area contributed by atoms with Gasteiger partial charge in [0.25, 0.3) is 5.91 Å². The lowest BCUT2D eigenvalue weighted by Gasteiger charge is -2.20. The Balaban J connectivity index is 1.34. The van der Waals surface area contributed by atoms with E-state index >= 15 is 0 Å². The predicted octanol–water partition coefficient (Wildman–Crippen LogP) is 3.76. The van der Waals surface area contributed by atoms with Gasteiger partial charge in [-0.2, -0.15) is 0 Å². The van der Waals surface area contributed by atoms with Gasteiger partial charge in [0.1, 0.15) is 0 Å². The van der Waals surface area contributed by atoms with E-state index < -0.39 is 23.9 Å². The van der Waals surface area contributed by atoms with Gasteiger partial charge in [0, 0.05) is 23.6 Å². The van der Waals surface area contributed by atoms with Crippen molar-refractivity contribution in [2.45, 2.75) is 56.5 Å². The lowest BCUT2D eigenvalue weighted by atomic mass is 9.87. The molecule has 198 valence electrons. The molecular formula is C26H30BrF2N5O3. The summed E-state index contributed by atoms with van der Waals surface area (Å²) in [6.45, 7) is 2.45. The minimum absolute atomic E-state index is 0.148. The number of aliphatic imine (C=N–C) groups is 1. The van der Waals surface area contributed by atoms with Crippen LogP contribution in [0.3, 0.4) is 0 Å². The topological polar surface area (TPSA) is 116 Å². The monoisotopic (exact) mass is 577 g/mol. The Kier molecular flexibility index (Phi) is 8.53. The summed E-state index contributed by atoms with van der Waals surface area (Å²) < 4.78 is 28.0. The second-order valence-electron chi connectivity index (χ2n) is 9.57. The quantitative estimate of drug-likeness (QED) is 0.342. The van der Waals surface area contributed by atoms with Gasteiger partial charge in [-0.3, -0.25) is 19.6 Å². The third-order valence-corrected chi connectivity index (χ3v) is 7.27. The molecule has 1 aliphatic carbocycles. The number of aliphatic hydroxyl groups is 1. The first kappa shape index (κ1) is 27.1. The summed E-state index contributed by atoms with van der Waals surface area (Å²) >= 11 is 3.44. The first-order valence-corrected chi connectivity index (χ1v) is 13.1. The van der Waals surface area contributed by atoms with Crippen molar-refractivity contribution >= 4 is 39.3 Å². The molecule has 4 N–H and O–H groups in total. The van der Waals surface area contributed by atoms with Crippen LogP contribution in [0, 0.1) is 0 Å². The lowest BCUT2D eigenvalue weighted by molar-refractivity contribution is -0.118. The molecular weight excluding hydrogens is 548 g/mol. The number of nitrogens with zero attached hydrogens (tertiary/aromatic N) is 2. The maximum Gasteiger partial charge on any atom is 0.253 e. The smallest absolute Gasteiger partial charge is 0.253 e. The molecule has 2 heterocycles. The van der Waals surface area contributed by atoms with E-state index in [-0.39, 0.29) is 36.8 Å². The molecule has 1 unspecified atom stereocenters. The second-order valence-corrected chi connectivity index (χ2v) is 10.5. The number of hydrogen-bond acceptors (Lipinski definition) is 7. The van der Waals surface area contributed by atoms with Gasteiger partial charge in [-0.15, -0.1) is 0 Å². The van der Waals surface area contributed by atoms with E-state index in [9.17, 15) is 23.5 Å². The number of carbonyl (C=O) groups excluding carboxylic acids is 2. The Hall–Kier alpha value is -2.92. The summed E-state index contributed by atoms with van der Waals surface area (Å²) in [5, 5.41) is 18.1. The molecule has 0 radical (unpaired) electrons. The van der Waals surface area contributed by atoms with Crippen molar-refractivity contribution in [3.8, 4) is 0 Å². The highest BCUT2D eigenvalue weighted by atomic mass is 79.9. The zero-order chi connectivity index (χ0) is 26.6. The number of guanidine groups is 1. The van der Waals surface area contributed by atoms with E-state index in [4.69, 9.17) is 0 Å². The molecule has 2 aromatic rings. The van der Waals surface area contributed by atoms with Crippen LogP contribution in [0.1, 0.15) is 60.0 Å². The Morgan fingerprint density at radius 1 is 1.24 bits per heavy atom. The van der Waals surface area contributed by atoms with Crippen LogP contribution in [-0.2, 0) is 10.2 Å². The minimum Gasteiger partial charge on any atom is -0.389 e. The fraction of sp³-hybridized carbons (Fsp3) is 0.462. The van der Waals surface area contributed by atoms with Crippen molar-refractivity contribution in [1.29, 1.82) is 0 Å². The number of anilines is 1. The average molecular weight is 578 g/mol. The zero-order valence-corrected chi connectivity index (χ0v) is 22.0. The van der Waals surface area contributed by atoms with Crippen molar-refractivity contribution in [2.24, 2.45) is 4.99 Å². The van der Waals surface area contributed by atoms with Crippen LogP contribution in [0.15, 0.2) is 46.1 Å². The molecule has 0 bridgehead atoms. The lowest BCUT2D eigenvalue weighted by Crippen LogP contribution is -2.42. The minimum atomic E-state index is -2.42. The highest BCUT2D eigenvalue weighted by Gasteiger charge is 2.52. The summed E-state index contributed by atoms with van der Waals surface area (Å²) in [7, 11) is 0. The first-order chi connectivity index (χ1) is 17.7. The maximum atomic E-state index is 13.7. The fourth-order valence-electron chi connectivity index (χ4n) is 4.41. The largest absolute Gasteiger partial charge is 0.389 e. The number of β-amino-alcohol motifs (C(OH)–C–C–N with tert-alkyl or cyclic N) is 1. The van der Waals surface area contributed by atoms with E-state index in [1.165, 1.54) is 12.4 Å². The Labute approximate surface area is 222 Å². The van der Waals surface area contributed by atoms with Gasteiger partial charge in [-0.25, -0.2) is 8.78 Å². The Morgan fingerprint density at radius 2 is 2.03 bits per heavy atom. The molecule has 11 heteroatoms. The fourth-order valence-corrected chi connectivity index (χ4v) is 4.92. The van der Waals surface area contributed by atoms with Crippen molar-refractivity contribution < 1.29 is 23.5 Å². The van der Waals surface area contributed by atoms with E-state index in [1.807, 2.05) is 13.0 Å². The number of hydrogen-bond donors (Lipinski definition) is 4. The maximum absolute atomic E-state index is 13.7. The van der Waals surface area contributed by atoms with Gasteiger partial charge in [-0.05, 0) is 54.5 Å². The van der Waals surface area contributed by atoms with Gasteiger partial charge in [-0.1, -0.05) is 28.9 Å². The number of pyridine rings is 1. The van der Waals surface area contributed by atoms with Gasteiger partial charge >= 0.3 is 0 Å².